The predicted molar refractivity (Wildman–Crippen MR) is 137 cm³/mol. The first-order chi connectivity index (χ1) is 16.7. The van der Waals surface area contributed by atoms with Crippen molar-refractivity contribution >= 4 is 23.7 Å². The fourth-order valence-corrected chi connectivity index (χ4v) is 6.36. The Morgan fingerprint density at radius 1 is 1.34 bits per heavy atom. The lowest BCUT2D eigenvalue weighted by Gasteiger charge is -2.60. The maximum Gasteiger partial charge on any atom is 0.253 e. The first-order valence-corrected chi connectivity index (χ1v) is 12.7. The molecule has 1 aromatic carbocycles. The second kappa shape index (κ2) is 10.2. The molecule has 35 heavy (non-hydrogen) atoms. The minimum atomic E-state index is -0.300. The molecule has 4 rings (SSSR count). The molecule has 1 unspecified atom stereocenters. The molecule has 6 nitrogen and oxygen atoms in total. The third-order valence-corrected chi connectivity index (χ3v) is 7.90. The number of hydrogen-bond acceptors (Lipinski definition) is 4. The quantitative estimate of drug-likeness (QED) is 0.508. The topological polar surface area (TPSA) is 78.2 Å². The van der Waals surface area contributed by atoms with Gasteiger partial charge in [-0.3, -0.25) is 9.59 Å². The molecule has 188 valence electrons. The molecule has 1 saturated heterocycles. The molecule has 0 radical (unpaired) electrons. The zero-order chi connectivity index (χ0) is 25.3. The molecule has 1 spiro atoms. The van der Waals surface area contributed by atoms with Gasteiger partial charge in [0.25, 0.3) is 11.5 Å². The standard InChI is InChI=1S/C27H34ClFN4O2/c1-4-33-14-23(29)20(9-24(33)34)7-17(2)13-32-15-27(16-32)10-18(11-27)8-19-5-6-22(28)25(21(19)12-30)26(35)31-3/h5-6,9,12,14,17-18,30H,4,7-8,10-11,13,15-16H2,1-3H3,(H,31,35). The molecule has 1 saturated carbocycles. The zero-order valence-electron chi connectivity index (χ0n) is 20.7. The lowest BCUT2D eigenvalue weighted by molar-refractivity contribution is -0.0980. The van der Waals surface area contributed by atoms with E-state index in [1.54, 1.807) is 13.1 Å². The summed E-state index contributed by atoms with van der Waals surface area (Å²) in [5, 5.41) is 10.8. The molecule has 2 aromatic rings. The minimum Gasteiger partial charge on any atom is -0.355 e. The Labute approximate surface area is 211 Å². The van der Waals surface area contributed by atoms with E-state index in [4.69, 9.17) is 17.0 Å². The molecule has 1 aliphatic carbocycles. The van der Waals surface area contributed by atoms with Crippen LogP contribution in [0.5, 0.6) is 0 Å². The van der Waals surface area contributed by atoms with Crippen LogP contribution >= 0.6 is 11.6 Å². The Balaban J connectivity index is 1.28. The molecule has 1 aromatic heterocycles. The summed E-state index contributed by atoms with van der Waals surface area (Å²) in [5.74, 6) is 0.231. The fourth-order valence-electron chi connectivity index (χ4n) is 6.11. The highest BCUT2D eigenvalue weighted by atomic mass is 35.5. The van der Waals surface area contributed by atoms with Crippen molar-refractivity contribution in [3.63, 3.8) is 0 Å². The Morgan fingerprint density at radius 2 is 2.06 bits per heavy atom. The van der Waals surface area contributed by atoms with Crippen molar-refractivity contribution in [2.75, 3.05) is 26.7 Å². The molecule has 2 heterocycles. The number of halogens is 2. The number of aryl methyl sites for hydroxylation is 1. The number of pyridine rings is 1. The lowest BCUT2D eigenvalue weighted by Crippen LogP contribution is -2.63. The van der Waals surface area contributed by atoms with Crippen molar-refractivity contribution in [1.29, 1.82) is 5.41 Å². The average Bonchev–Trinajstić information content (AvgIpc) is 2.78. The van der Waals surface area contributed by atoms with Gasteiger partial charge >= 0.3 is 0 Å². The first kappa shape index (κ1) is 25.6. The molecule has 2 fully saturated rings. The summed E-state index contributed by atoms with van der Waals surface area (Å²) < 4.78 is 15.8. The fraction of sp³-hybridized carbons (Fsp3) is 0.519. The number of hydrogen-bond donors (Lipinski definition) is 2. The Kier molecular flexibility index (Phi) is 7.48. The van der Waals surface area contributed by atoms with Gasteiger partial charge in [-0.05, 0) is 67.1 Å². The Hall–Kier alpha value is -2.51. The highest BCUT2D eigenvalue weighted by Gasteiger charge is 2.51. The molecule has 8 heteroatoms. The smallest absolute Gasteiger partial charge is 0.253 e. The number of likely N-dealkylation sites (tertiary alicyclic amines) is 1. The van der Waals surface area contributed by atoms with Crippen molar-refractivity contribution in [3.8, 4) is 0 Å². The van der Waals surface area contributed by atoms with Crippen LogP contribution in [0.25, 0.3) is 0 Å². The zero-order valence-corrected chi connectivity index (χ0v) is 21.4. The number of rotatable bonds is 9. The number of carbonyl (C=O) groups excluding carboxylic acids is 1. The number of benzene rings is 1. The molecule has 1 atom stereocenters. The van der Waals surface area contributed by atoms with Crippen LogP contribution in [0, 0.1) is 28.5 Å². The van der Waals surface area contributed by atoms with Gasteiger partial charge in [-0.15, -0.1) is 0 Å². The van der Waals surface area contributed by atoms with E-state index in [-0.39, 0.29) is 23.2 Å². The third kappa shape index (κ3) is 5.21. The second-order valence-electron chi connectivity index (χ2n) is 10.4. The molecule has 1 amide bonds. The van der Waals surface area contributed by atoms with Crippen LogP contribution in [0.4, 0.5) is 4.39 Å². The van der Waals surface area contributed by atoms with E-state index in [9.17, 15) is 14.0 Å². The van der Waals surface area contributed by atoms with Crippen LogP contribution in [-0.2, 0) is 19.4 Å². The summed E-state index contributed by atoms with van der Waals surface area (Å²) >= 11 is 6.25. The maximum atomic E-state index is 14.4. The molecular weight excluding hydrogens is 467 g/mol. The number of nitrogens with zero attached hydrogens (tertiary/aromatic N) is 2. The van der Waals surface area contributed by atoms with Crippen LogP contribution in [0.15, 0.2) is 29.2 Å². The summed E-state index contributed by atoms with van der Waals surface area (Å²) in [6.45, 7) is 7.41. The van der Waals surface area contributed by atoms with Gasteiger partial charge in [0.1, 0.15) is 5.82 Å². The van der Waals surface area contributed by atoms with Gasteiger partial charge in [-0.25, -0.2) is 4.39 Å². The largest absolute Gasteiger partial charge is 0.355 e. The van der Waals surface area contributed by atoms with Crippen molar-refractivity contribution in [1.82, 2.24) is 14.8 Å². The van der Waals surface area contributed by atoms with Crippen molar-refractivity contribution < 1.29 is 9.18 Å². The summed E-state index contributed by atoms with van der Waals surface area (Å²) in [6.07, 6.45) is 6.23. The molecule has 0 bridgehead atoms. The minimum absolute atomic E-state index is 0.145. The molecular formula is C27H34ClFN4O2. The normalized spacial score (nSPS) is 18.1. The second-order valence-corrected chi connectivity index (χ2v) is 10.9. The maximum absolute atomic E-state index is 14.4. The van der Waals surface area contributed by atoms with Gasteiger partial charge in [0, 0.05) is 57.3 Å². The monoisotopic (exact) mass is 500 g/mol. The van der Waals surface area contributed by atoms with Gasteiger partial charge in [0.2, 0.25) is 0 Å². The van der Waals surface area contributed by atoms with E-state index in [1.165, 1.54) is 23.0 Å². The van der Waals surface area contributed by atoms with Crippen molar-refractivity contribution in [2.24, 2.45) is 17.3 Å². The van der Waals surface area contributed by atoms with Crippen LogP contribution in [0.2, 0.25) is 5.02 Å². The van der Waals surface area contributed by atoms with E-state index < -0.39 is 0 Å². The summed E-state index contributed by atoms with van der Waals surface area (Å²) in [4.78, 5) is 26.7. The van der Waals surface area contributed by atoms with Crippen LogP contribution in [0.3, 0.4) is 0 Å². The molecule has 2 N–H and O–H groups in total. The van der Waals surface area contributed by atoms with Crippen LogP contribution in [0.1, 0.15) is 53.7 Å². The van der Waals surface area contributed by atoms with E-state index in [0.717, 1.165) is 44.5 Å². The van der Waals surface area contributed by atoms with Gasteiger partial charge in [0.15, 0.2) is 0 Å². The van der Waals surface area contributed by atoms with Gasteiger partial charge < -0.3 is 20.2 Å². The van der Waals surface area contributed by atoms with Crippen LogP contribution < -0.4 is 10.9 Å². The number of carbonyl (C=O) groups is 1. The van der Waals surface area contributed by atoms with Crippen molar-refractivity contribution in [3.05, 3.63) is 67.8 Å². The molecule has 2 aliphatic rings. The summed E-state index contributed by atoms with van der Waals surface area (Å²) in [7, 11) is 1.57. The Bertz CT molecular complexity index is 1180. The van der Waals surface area contributed by atoms with Gasteiger partial charge in [-0.1, -0.05) is 24.6 Å². The number of aromatic nitrogens is 1. The lowest BCUT2D eigenvalue weighted by atomic mass is 9.56. The summed E-state index contributed by atoms with van der Waals surface area (Å²) in [5.41, 5.74) is 2.71. The number of amides is 1. The van der Waals surface area contributed by atoms with Crippen molar-refractivity contribution in [2.45, 2.75) is 46.1 Å². The SMILES string of the molecule is CCn1cc(F)c(CC(C)CN2CC3(CC(Cc4ccc(Cl)c(C(=O)NC)c4C=N)C3)C2)cc1=O. The predicted octanol–water partition coefficient (Wildman–Crippen LogP) is 4.15. The Morgan fingerprint density at radius 3 is 2.69 bits per heavy atom. The van der Waals surface area contributed by atoms with E-state index >= 15 is 0 Å². The van der Waals surface area contributed by atoms with Gasteiger partial charge in [-0.2, -0.15) is 0 Å². The van der Waals surface area contributed by atoms with Crippen LogP contribution in [-0.4, -0.2) is 48.3 Å². The first-order valence-electron chi connectivity index (χ1n) is 12.3. The van der Waals surface area contributed by atoms with E-state index in [2.05, 4.69) is 17.1 Å². The summed E-state index contributed by atoms with van der Waals surface area (Å²) in [6, 6.07) is 5.13. The molecule has 1 aliphatic heterocycles. The van der Waals surface area contributed by atoms with Gasteiger partial charge in [0.05, 0.1) is 10.6 Å². The highest BCUT2D eigenvalue weighted by molar-refractivity contribution is 6.34. The average molecular weight is 501 g/mol. The third-order valence-electron chi connectivity index (χ3n) is 7.59. The van der Waals surface area contributed by atoms with E-state index in [0.29, 0.717) is 46.0 Å². The number of nitrogens with one attached hydrogen (secondary N) is 2. The highest BCUT2D eigenvalue weighted by Crippen LogP contribution is 2.53. The van der Waals surface area contributed by atoms with E-state index in [1.807, 2.05) is 13.0 Å².